The molecule has 0 aromatic heterocycles. The second kappa shape index (κ2) is 8.01. The molecule has 5 nitrogen and oxygen atoms in total. The molecule has 4 unspecified atom stereocenters. The summed E-state index contributed by atoms with van der Waals surface area (Å²) in [6.07, 6.45) is 8.21. The molecule has 0 bridgehead atoms. The SMILES string of the molecule is CC(=O)[C@@]12OC(C)(c3ccc(N=C=S)cc3)O[C@@H]1CC1C3CCC4=CC(=O)CC[C@]4(C)C3CC[C@@]12C. The van der Waals surface area contributed by atoms with Crippen LogP contribution in [0, 0.1) is 28.6 Å². The Kier molecular flexibility index (Phi) is 5.42. The molecule has 1 aliphatic heterocycles. The van der Waals surface area contributed by atoms with Gasteiger partial charge < -0.3 is 9.47 Å². The number of carbonyl (C=O) groups excluding carboxylic acids is 2. The van der Waals surface area contributed by atoms with E-state index < -0.39 is 11.4 Å². The van der Waals surface area contributed by atoms with Crippen molar-refractivity contribution < 1.29 is 19.1 Å². The number of hydrogen-bond acceptors (Lipinski definition) is 6. The molecule has 1 aromatic carbocycles. The quantitative estimate of drug-likeness (QED) is 0.348. The van der Waals surface area contributed by atoms with E-state index >= 15 is 0 Å². The minimum Gasteiger partial charge on any atom is -0.339 e. The number of rotatable bonds is 3. The Labute approximate surface area is 218 Å². The van der Waals surface area contributed by atoms with Gasteiger partial charge in [-0.15, -0.1) is 0 Å². The Bertz CT molecular complexity index is 1220. The molecule has 1 saturated heterocycles. The summed E-state index contributed by atoms with van der Waals surface area (Å²) in [4.78, 5) is 29.8. The molecule has 36 heavy (non-hydrogen) atoms. The fourth-order valence-corrected chi connectivity index (χ4v) is 9.28. The molecule has 5 aliphatic rings. The number of carbonyl (C=O) groups is 2. The number of ketones is 2. The zero-order valence-corrected chi connectivity index (χ0v) is 22.5. The minimum absolute atomic E-state index is 0.0764. The van der Waals surface area contributed by atoms with E-state index in [0.717, 1.165) is 49.8 Å². The number of hydrogen-bond donors (Lipinski definition) is 0. The third-order valence-corrected chi connectivity index (χ3v) is 11.0. The molecule has 0 amide bonds. The fraction of sp³-hybridized carbons (Fsp3) is 0.633. The van der Waals surface area contributed by atoms with Gasteiger partial charge in [0.15, 0.2) is 23.0 Å². The average molecular weight is 506 g/mol. The van der Waals surface area contributed by atoms with Crippen LogP contribution in [-0.2, 0) is 24.8 Å². The van der Waals surface area contributed by atoms with Gasteiger partial charge in [0, 0.05) is 17.4 Å². The third kappa shape index (κ3) is 3.08. The lowest BCUT2D eigenvalue weighted by molar-refractivity contribution is -0.227. The Morgan fingerprint density at radius 1 is 1.08 bits per heavy atom. The Morgan fingerprint density at radius 2 is 1.83 bits per heavy atom. The molecule has 1 aromatic rings. The van der Waals surface area contributed by atoms with Gasteiger partial charge in [-0.25, -0.2) is 0 Å². The molecule has 0 radical (unpaired) electrons. The van der Waals surface area contributed by atoms with Gasteiger partial charge in [-0.2, -0.15) is 4.99 Å². The number of thiocarbonyl (C=S) groups is 1. The molecular weight excluding hydrogens is 470 g/mol. The van der Waals surface area contributed by atoms with E-state index in [1.807, 2.05) is 37.3 Å². The van der Waals surface area contributed by atoms with Gasteiger partial charge in [0.05, 0.1) is 17.0 Å². The molecule has 0 N–H and O–H groups in total. The molecule has 190 valence electrons. The van der Waals surface area contributed by atoms with Crippen LogP contribution >= 0.6 is 12.2 Å². The standard InChI is InChI=1S/C30H35NO4S/c1-18(32)30-26(34-29(4,35-30)19-5-8-21(9-6-19)31-17-36)16-25-23-10-7-20-15-22(33)11-13-27(20,2)24(23)12-14-28(25,30)3/h5-6,8-9,15,23-26H,7,10-14,16H2,1-4H3/t23?,24?,25?,26-,27+,28+,29?,30-/m1/s1. The van der Waals surface area contributed by atoms with Crippen molar-refractivity contribution in [3.8, 4) is 0 Å². The maximum Gasteiger partial charge on any atom is 0.193 e. The van der Waals surface area contributed by atoms with E-state index in [4.69, 9.17) is 21.7 Å². The van der Waals surface area contributed by atoms with Crippen LogP contribution in [0.4, 0.5) is 5.69 Å². The fourth-order valence-electron chi connectivity index (χ4n) is 9.17. The van der Waals surface area contributed by atoms with E-state index in [9.17, 15) is 9.59 Å². The van der Waals surface area contributed by atoms with Crippen LogP contribution in [0.3, 0.4) is 0 Å². The highest BCUT2D eigenvalue weighted by molar-refractivity contribution is 7.78. The summed E-state index contributed by atoms with van der Waals surface area (Å²) in [6, 6.07) is 7.63. The summed E-state index contributed by atoms with van der Waals surface area (Å²) in [7, 11) is 0. The van der Waals surface area contributed by atoms with E-state index in [1.54, 1.807) is 6.92 Å². The van der Waals surface area contributed by atoms with Crippen molar-refractivity contribution in [3.63, 3.8) is 0 Å². The molecule has 6 heteroatoms. The second-order valence-corrected chi connectivity index (χ2v) is 12.5. The first kappa shape index (κ1) is 24.4. The van der Waals surface area contributed by atoms with Gasteiger partial charge in [-0.3, -0.25) is 9.59 Å². The van der Waals surface area contributed by atoms with Crippen LogP contribution in [0.1, 0.15) is 78.2 Å². The molecule has 8 atom stereocenters. The molecule has 0 spiro atoms. The zero-order chi connectivity index (χ0) is 25.5. The zero-order valence-electron chi connectivity index (χ0n) is 21.6. The number of nitrogens with zero attached hydrogens (tertiary/aromatic N) is 1. The van der Waals surface area contributed by atoms with Crippen LogP contribution in [0.25, 0.3) is 0 Å². The van der Waals surface area contributed by atoms with E-state index in [1.165, 1.54) is 5.57 Å². The molecule has 6 rings (SSSR count). The van der Waals surface area contributed by atoms with E-state index in [2.05, 4.69) is 24.0 Å². The van der Waals surface area contributed by atoms with Crippen LogP contribution in [0.5, 0.6) is 0 Å². The lowest BCUT2D eigenvalue weighted by Crippen LogP contribution is -2.59. The highest BCUT2D eigenvalue weighted by atomic mass is 32.1. The number of fused-ring (bicyclic) bond motifs is 7. The highest BCUT2D eigenvalue weighted by Crippen LogP contribution is 2.71. The summed E-state index contributed by atoms with van der Waals surface area (Å²) in [6.45, 7) is 8.31. The summed E-state index contributed by atoms with van der Waals surface area (Å²) in [5, 5.41) is 2.40. The first-order valence-corrected chi connectivity index (χ1v) is 13.8. The molecule has 4 aliphatic carbocycles. The predicted octanol–water partition coefficient (Wildman–Crippen LogP) is 6.48. The van der Waals surface area contributed by atoms with Crippen molar-refractivity contribution in [1.82, 2.24) is 0 Å². The summed E-state index contributed by atoms with van der Waals surface area (Å²) < 4.78 is 13.7. The topological polar surface area (TPSA) is 65.0 Å². The van der Waals surface area contributed by atoms with Gasteiger partial charge in [-0.05, 0) is 106 Å². The van der Waals surface area contributed by atoms with Crippen LogP contribution < -0.4 is 0 Å². The van der Waals surface area contributed by atoms with Crippen molar-refractivity contribution in [2.45, 2.75) is 90.1 Å². The number of allylic oxidation sites excluding steroid dienone is 1. The largest absolute Gasteiger partial charge is 0.339 e. The number of aliphatic imine (C=N–C) groups is 1. The maximum atomic E-state index is 13.6. The first-order valence-electron chi connectivity index (χ1n) is 13.4. The normalized spacial score (nSPS) is 45.0. The van der Waals surface area contributed by atoms with Crippen LogP contribution in [0.15, 0.2) is 40.9 Å². The van der Waals surface area contributed by atoms with Crippen molar-refractivity contribution in [3.05, 3.63) is 41.5 Å². The molecule has 1 heterocycles. The predicted molar refractivity (Wildman–Crippen MR) is 140 cm³/mol. The van der Waals surface area contributed by atoms with Crippen LogP contribution in [-0.4, -0.2) is 28.4 Å². The van der Waals surface area contributed by atoms with E-state index in [0.29, 0.717) is 24.2 Å². The van der Waals surface area contributed by atoms with E-state index in [-0.39, 0.29) is 28.5 Å². The third-order valence-electron chi connectivity index (χ3n) is 10.9. The van der Waals surface area contributed by atoms with Crippen LogP contribution in [0.2, 0.25) is 0 Å². The molecule has 4 fully saturated rings. The molecular formula is C30H35NO4S. The van der Waals surface area contributed by atoms with Crippen molar-refractivity contribution >= 4 is 34.6 Å². The van der Waals surface area contributed by atoms with Crippen molar-refractivity contribution in [2.24, 2.45) is 33.6 Å². The smallest absolute Gasteiger partial charge is 0.193 e. The van der Waals surface area contributed by atoms with Gasteiger partial charge in [0.25, 0.3) is 0 Å². The Hall–Kier alpha value is -1.98. The van der Waals surface area contributed by atoms with Gasteiger partial charge >= 0.3 is 0 Å². The van der Waals surface area contributed by atoms with Gasteiger partial charge in [-0.1, -0.05) is 31.6 Å². The highest BCUT2D eigenvalue weighted by Gasteiger charge is 2.75. The summed E-state index contributed by atoms with van der Waals surface area (Å²) >= 11 is 4.72. The maximum absolute atomic E-state index is 13.6. The monoisotopic (exact) mass is 505 g/mol. The number of isothiocyanates is 1. The lowest BCUT2D eigenvalue weighted by atomic mass is 9.46. The summed E-state index contributed by atoms with van der Waals surface area (Å²) in [5.74, 6) is 0.797. The van der Waals surface area contributed by atoms with Crippen molar-refractivity contribution in [1.29, 1.82) is 0 Å². The second-order valence-electron chi connectivity index (χ2n) is 12.4. The number of ether oxygens (including phenoxy) is 2. The van der Waals surface area contributed by atoms with Gasteiger partial charge in [0.2, 0.25) is 0 Å². The first-order chi connectivity index (χ1) is 17.1. The lowest BCUT2D eigenvalue weighted by Gasteiger charge is -2.59. The molecule has 3 saturated carbocycles. The van der Waals surface area contributed by atoms with Crippen molar-refractivity contribution in [2.75, 3.05) is 0 Å². The minimum atomic E-state index is -1.00. The van der Waals surface area contributed by atoms with Gasteiger partial charge in [0.1, 0.15) is 0 Å². The Morgan fingerprint density at radius 3 is 2.53 bits per heavy atom. The number of benzene rings is 1. The Balaban J connectivity index is 1.35. The average Bonchev–Trinajstić information content (AvgIpc) is 3.29. The summed E-state index contributed by atoms with van der Waals surface area (Å²) in [5.41, 5.74) is 1.83. The number of Topliss-reactive ketones (excluding diaryl/α,β-unsaturated/α-hetero) is 1.